The molecule has 0 aliphatic carbocycles. The minimum absolute atomic E-state index is 0.753. The largest absolute Gasteiger partial charge is 0.0891 e. The Hall–Kier alpha value is 0.480. The SMILES string of the molecule is C[CH]CCC(Br)CCCC. The molecule has 0 fully saturated rings. The first-order chi connectivity index (χ1) is 4.81. The second-order valence-electron chi connectivity index (χ2n) is 2.73. The van der Waals surface area contributed by atoms with E-state index in [4.69, 9.17) is 0 Å². The van der Waals surface area contributed by atoms with E-state index < -0.39 is 0 Å². The minimum atomic E-state index is 0.753. The summed E-state index contributed by atoms with van der Waals surface area (Å²) in [5, 5.41) is 0. The molecule has 1 unspecified atom stereocenters. The Labute approximate surface area is 73.5 Å². The van der Waals surface area contributed by atoms with Crippen LogP contribution in [-0.4, -0.2) is 4.83 Å². The molecule has 0 nitrogen and oxygen atoms in total. The van der Waals surface area contributed by atoms with E-state index in [1.54, 1.807) is 0 Å². The van der Waals surface area contributed by atoms with Gasteiger partial charge in [-0.2, -0.15) is 0 Å². The fraction of sp³-hybridized carbons (Fsp3) is 0.889. The maximum atomic E-state index is 3.66. The third-order valence-electron chi connectivity index (χ3n) is 1.64. The van der Waals surface area contributed by atoms with Crippen molar-refractivity contribution in [3.63, 3.8) is 0 Å². The van der Waals surface area contributed by atoms with E-state index in [0.29, 0.717) is 0 Å². The molecule has 0 saturated heterocycles. The van der Waals surface area contributed by atoms with E-state index >= 15 is 0 Å². The van der Waals surface area contributed by atoms with Crippen LogP contribution in [0.25, 0.3) is 0 Å². The highest BCUT2D eigenvalue weighted by Gasteiger charge is 2.00. The Balaban J connectivity index is 3.00. The van der Waals surface area contributed by atoms with Crippen molar-refractivity contribution in [2.45, 2.75) is 50.8 Å². The molecule has 0 aliphatic rings. The molecule has 0 aliphatic heterocycles. The van der Waals surface area contributed by atoms with Gasteiger partial charge in [0.2, 0.25) is 0 Å². The predicted octanol–water partition coefficient (Wildman–Crippen LogP) is 3.94. The van der Waals surface area contributed by atoms with Gasteiger partial charge in [-0.15, -0.1) is 0 Å². The van der Waals surface area contributed by atoms with Gasteiger partial charge in [0.05, 0.1) is 0 Å². The highest BCUT2D eigenvalue weighted by Crippen LogP contribution is 2.15. The Morgan fingerprint density at radius 3 is 2.60 bits per heavy atom. The molecular weight excluding hydrogens is 188 g/mol. The van der Waals surface area contributed by atoms with Gasteiger partial charge >= 0.3 is 0 Å². The zero-order chi connectivity index (χ0) is 7.82. The average Bonchev–Trinajstić information content (AvgIpc) is 1.97. The molecule has 0 N–H and O–H groups in total. The van der Waals surface area contributed by atoms with E-state index in [2.05, 4.69) is 36.2 Å². The van der Waals surface area contributed by atoms with Gasteiger partial charge < -0.3 is 0 Å². The Morgan fingerprint density at radius 1 is 1.40 bits per heavy atom. The molecule has 0 rings (SSSR count). The number of alkyl halides is 1. The third kappa shape index (κ3) is 6.60. The molecule has 0 spiro atoms. The molecule has 0 saturated carbocycles. The first-order valence-corrected chi connectivity index (χ1v) is 5.14. The molecule has 1 heteroatoms. The monoisotopic (exact) mass is 205 g/mol. The van der Waals surface area contributed by atoms with Crippen LogP contribution >= 0.6 is 15.9 Å². The van der Waals surface area contributed by atoms with Crippen LogP contribution in [0.15, 0.2) is 0 Å². The maximum absolute atomic E-state index is 3.66. The second-order valence-corrected chi connectivity index (χ2v) is 4.02. The Kier molecular flexibility index (Phi) is 7.95. The third-order valence-corrected chi connectivity index (χ3v) is 2.56. The van der Waals surface area contributed by atoms with Gasteiger partial charge in [-0.1, -0.05) is 42.6 Å². The standard InChI is InChI=1S/C9H18Br/c1-3-5-7-9(10)8-6-4-2/h3,9H,4-8H2,1-2H3. The van der Waals surface area contributed by atoms with Crippen LogP contribution in [-0.2, 0) is 0 Å². The maximum Gasteiger partial charge on any atom is 0.0145 e. The molecule has 10 heavy (non-hydrogen) atoms. The fourth-order valence-corrected chi connectivity index (χ4v) is 1.51. The second kappa shape index (κ2) is 7.59. The van der Waals surface area contributed by atoms with Gasteiger partial charge in [-0.3, -0.25) is 0 Å². The molecule has 1 radical (unpaired) electrons. The van der Waals surface area contributed by atoms with E-state index in [0.717, 1.165) is 4.83 Å². The Morgan fingerprint density at radius 2 is 2.10 bits per heavy atom. The Bertz CT molecular complexity index is 53.7. The number of unbranched alkanes of at least 4 members (excludes halogenated alkanes) is 2. The van der Waals surface area contributed by atoms with Crippen LogP contribution in [0.4, 0.5) is 0 Å². The number of hydrogen-bond donors (Lipinski definition) is 0. The highest BCUT2D eigenvalue weighted by molar-refractivity contribution is 9.09. The van der Waals surface area contributed by atoms with Crippen molar-refractivity contribution in [2.75, 3.05) is 0 Å². The zero-order valence-corrected chi connectivity index (χ0v) is 8.65. The number of hydrogen-bond acceptors (Lipinski definition) is 0. The number of halogens is 1. The van der Waals surface area contributed by atoms with Gasteiger partial charge in [-0.05, 0) is 25.7 Å². The summed E-state index contributed by atoms with van der Waals surface area (Å²) in [5.74, 6) is 0. The van der Waals surface area contributed by atoms with Crippen LogP contribution in [0.2, 0.25) is 0 Å². The van der Waals surface area contributed by atoms with Crippen molar-refractivity contribution in [1.82, 2.24) is 0 Å². The molecule has 0 bridgehead atoms. The zero-order valence-electron chi connectivity index (χ0n) is 7.07. The van der Waals surface area contributed by atoms with E-state index in [9.17, 15) is 0 Å². The topological polar surface area (TPSA) is 0 Å². The van der Waals surface area contributed by atoms with E-state index in [1.165, 1.54) is 32.1 Å². The average molecular weight is 206 g/mol. The van der Waals surface area contributed by atoms with Crippen LogP contribution in [0, 0.1) is 6.42 Å². The summed E-state index contributed by atoms with van der Waals surface area (Å²) in [6.45, 7) is 4.37. The molecular formula is C9H18Br. The molecule has 61 valence electrons. The lowest BCUT2D eigenvalue weighted by atomic mass is 10.1. The molecule has 0 heterocycles. The van der Waals surface area contributed by atoms with Gasteiger partial charge in [-0.25, -0.2) is 0 Å². The van der Waals surface area contributed by atoms with Gasteiger partial charge in [0, 0.05) is 4.83 Å². The quantitative estimate of drug-likeness (QED) is 0.577. The normalized spacial score (nSPS) is 10.8. The van der Waals surface area contributed by atoms with Crippen LogP contribution in [0.1, 0.15) is 46.0 Å². The summed E-state index contributed by atoms with van der Waals surface area (Å²) in [5.41, 5.74) is 0. The lowest BCUT2D eigenvalue weighted by Gasteiger charge is -2.06. The predicted molar refractivity (Wildman–Crippen MR) is 51.4 cm³/mol. The van der Waals surface area contributed by atoms with Crippen molar-refractivity contribution >= 4 is 15.9 Å². The smallest absolute Gasteiger partial charge is 0.0145 e. The molecule has 0 aromatic heterocycles. The van der Waals surface area contributed by atoms with Crippen LogP contribution in [0.3, 0.4) is 0 Å². The molecule has 0 aromatic rings. The van der Waals surface area contributed by atoms with Crippen molar-refractivity contribution in [2.24, 2.45) is 0 Å². The summed E-state index contributed by atoms with van der Waals surface area (Å²) >= 11 is 3.66. The van der Waals surface area contributed by atoms with Gasteiger partial charge in [0.25, 0.3) is 0 Å². The van der Waals surface area contributed by atoms with Gasteiger partial charge in [0.15, 0.2) is 0 Å². The summed E-state index contributed by atoms with van der Waals surface area (Å²) in [6.07, 6.45) is 8.80. The minimum Gasteiger partial charge on any atom is -0.0891 e. The molecule has 1 atom stereocenters. The highest BCUT2D eigenvalue weighted by atomic mass is 79.9. The first kappa shape index (κ1) is 10.5. The van der Waals surface area contributed by atoms with E-state index in [1.807, 2.05) is 0 Å². The summed E-state index contributed by atoms with van der Waals surface area (Å²) in [6, 6.07) is 0. The first-order valence-electron chi connectivity index (χ1n) is 4.23. The molecule has 0 amide bonds. The fourth-order valence-electron chi connectivity index (χ4n) is 0.917. The van der Waals surface area contributed by atoms with Crippen LogP contribution < -0.4 is 0 Å². The lowest BCUT2D eigenvalue weighted by molar-refractivity contribution is 0.651. The summed E-state index contributed by atoms with van der Waals surface area (Å²) in [7, 11) is 0. The summed E-state index contributed by atoms with van der Waals surface area (Å²) in [4.78, 5) is 0.753. The number of rotatable bonds is 6. The van der Waals surface area contributed by atoms with E-state index in [-0.39, 0.29) is 0 Å². The lowest BCUT2D eigenvalue weighted by Crippen LogP contribution is -1.96. The van der Waals surface area contributed by atoms with Crippen molar-refractivity contribution in [3.8, 4) is 0 Å². The summed E-state index contributed by atoms with van der Waals surface area (Å²) < 4.78 is 0. The van der Waals surface area contributed by atoms with Gasteiger partial charge in [0.1, 0.15) is 0 Å². The van der Waals surface area contributed by atoms with Crippen LogP contribution in [0.5, 0.6) is 0 Å². The van der Waals surface area contributed by atoms with Crippen molar-refractivity contribution in [3.05, 3.63) is 6.42 Å². The van der Waals surface area contributed by atoms with Crippen molar-refractivity contribution < 1.29 is 0 Å². The molecule has 0 aromatic carbocycles. The van der Waals surface area contributed by atoms with Crippen molar-refractivity contribution in [1.29, 1.82) is 0 Å².